The molecule has 166 valence electrons. The summed E-state index contributed by atoms with van der Waals surface area (Å²) in [5.41, 5.74) is 3.54. The van der Waals surface area contributed by atoms with Crippen molar-refractivity contribution in [3.05, 3.63) is 47.4 Å². The van der Waals surface area contributed by atoms with Gasteiger partial charge in [-0.25, -0.2) is 14.5 Å². The number of thiophene rings is 1. The third-order valence-electron chi connectivity index (χ3n) is 8.29. The van der Waals surface area contributed by atoms with Crippen molar-refractivity contribution in [2.45, 2.75) is 43.3 Å². The lowest BCUT2D eigenvalue weighted by Crippen LogP contribution is -2.34. The monoisotopic (exact) mass is 457 g/mol. The minimum atomic E-state index is 0.103. The molecule has 8 nitrogen and oxygen atoms in total. The van der Waals surface area contributed by atoms with Crippen molar-refractivity contribution in [1.29, 1.82) is 0 Å². The molecule has 6 heterocycles. The molecule has 0 radical (unpaired) electrons. The van der Waals surface area contributed by atoms with Gasteiger partial charge in [0, 0.05) is 41.5 Å². The first kappa shape index (κ1) is 18.4. The molecule has 1 amide bonds. The van der Waals surface area contributed by atoms with Gasteiger partial charge < -0.3 is 10.2 Å². The third-order valence-corrected chi connectivity index (χ3v) is 9.46. The molecule has 1 unspecified atom stereocenters. The minimum absolute atomic E-state index is 0.103. The van der Waals surface area contributed by atoms with Crippen molar-refractivity contribution >= 4 is 44.5 Å². The number of pyridine rings is 1. The number of fused-ring (bicyclic) bond motifs is 4. The van der Waals surface area contributed by atoms with E-state index in [4.69, 9.17) is 0 Å². The third kappa shape index (κ3) is 2.38. The Balaban J connectivity index is 1.09. The highest BCUT2D eigenvalue weighted by atomic mass is 32.1. The molecular formula is C24H23N7OS. The fourth-order valence-corrected chi connectivity index (χ4v) is 7.83. The van der Waals surface area contributed by atoms with Gasteiger partial charge in [-0.05, 0) is 56.5 Å². The van der Waals surface area contributed by atoms with E-state index >= 15 is 0 Å². The van der Waals surface area contributed by atoms with E-state index in [1.54, 1.807) is 23.9 Å². The Morgan fingerprint density at radius 3 is 3.06 bits per heavy atom. The van der Waals surface area contributed by atoms with E-state index in [9.17, 15) is 4.79 Å². The van der Waals surface area contributed by atoms with Crippen molar-refractivity contribution in [3.63, 3.8) is 0 Å². The average molecular weight is 458 g/mol. The second-order valence-corrected chi connectivity index (χ2v) is 11.0. The van der Waals surface area contributed by atoms with Crippen molar-refractivity contribution in [1.82, 2.24) is 29.4 Å². The smallest absolute Gasteiger partial charge is 0.227 e. The van der Waals surface area contributed by atoms with Crippen molar-refractivity contribution < 1.29 is 4.79 Å². The molecule has 9 heteroatoms. The summed E-state index contributed by atoms with van der Waals surface area (Å²) in [6.07, 6.45) is 9.19. The van der Waals surface area contributed by atoms with Gasteiger partial charge in [-0.15, -0.1) is 11.3 Å². The Kier molecular flexibility index (Phi) is 3.40. The van der Waals surface area contributed by atoms with Crippen LogP contribution < -0.4 is 5.32 Å². The number of carbonyl (C=O) groups is 1. The lowest BCUT2D eigenvalue weighted by molar-refractivity contribution is -0.131. The molecule has 3 fully saturated rings. The van der Waals surface area contributed by atoms with Crippen LogP contribution in [-0.2, 0) is 17.6 Å². The van der Waals surface area contributed by atoms with Crippen LogP contribution in [0, 0.1) is 5.92 Å². The second-order valence-electron chi connectivity index (χ2n) is 9.96. The van der Waals surface area contributed by atoms with Gasteiger partial charge in [0.1, 0.15) is 17.0 Å². The number of anilines is 2. The summed E-state index contributed by atoms with van der Waals surface area (Å²) in [6.45, 7) is 1.05. The summed E-state index contributed by atoms with van der Waals surface area (Å²) >= 11 is 1.73. The van der Waals surface area contributed by atoms with Gasteiger partial charge in [0.2, 0.25) is 5.91 Å². The Morgan fingerprint density at radius 1 is 1.27 bits per heavy atom. The zero-order valence-corrected chi connectivity index (χ0v) is 19.0. The van der Waals surface area contributed by atoms with E-state index < -0.39 is 0 Å². The molecule has 4 aromatic rings. The number of nitrogens with one attached hydrogen (secondary N) is 1. The molecule has 4 aromatic heterocycles. The van der Waals surface area contributed by atoms with Crippen LogP contribution in [0.5, 0.6) is 0 Å². The maximum atomic E-state index is 13.4. The highest BCUT2D eigenvalue weighted by Crippen LogP contribution is 2.66. The fraction of sp³-hybridized carbons (Fsp3) is 0.417. The first-order chi connectivity index (χ1) is 16.1. The van der Waals surface area contributed by atoms with Crippen molar-refractivity contribution in [2.75, 3.05) is 18.9 Å². The standard InChI is InChI=1S/C24H23N7OS/c1-29-11-19-24(10-18(24)29)31(19)23(32)13-2-3-16-17(8-13)33-22-20(16)21(25-12-26-22)28-14-5-7-30-15(9-14)4-6-27-30/h4-7,9,12-13,18-19H,2-3,8,10-11H2,1H3,(H,25,26,28)/t13-,18+,19-,24?,31?/m0/s1. The number of piperidine rings is 1. The Hall–Kier alpha value is -3.04. The maximum absolute atomic E-state index is 13.4. The van der Waals surface area contributed by atoms with Gasteiger partial charge in [0.05, 0.1) is 22.5 Å². The Morgan fingerprint density at radius 2 is 2.21 bits per heavy atom. The summed E-state index contributed by atoms with van der Waals surface area (Å²) in [5, 5.41) is 8.88. The van der Waals surface area contributed by atoms with Gasteiger partial charge >= 0.3 is 0 Å². The number of likely N-dealkylation sites (tertiary alicyclic amines) is 1. The molecule has 1 saturated carbocycles. The second kappa shape index (κ2) is 6.09. The van der Waals surface area contributed by atoms with Crippen LogP contribution in [0.1, 0.15) is 23.3 Å². The van der Waals surface area contributed by atoms with E-state index in [-0.39, 0.29) is 11.5 Å². The quantitative estimate of drug-likeness (QED) is 0.477. The average Bonchev–Trinajstić information content (AvgIpc) is 3.48. The van der Waals surface area contributed by atoms with Crippen LogP contribution in [0.4, 0.5) is 11.5 Å². The predicted molar refractivity (Wildman–Crippen MR) is 126 cm³/mol. The predicted octanol–water partition coefficient (Wildman–Crippen LogP) is 2.85. The highest BCUT2D eigenvalue weighted by Gasteiger charge is 2.84. The van der Waals surface area contributed by atoms with Gasteiger partial charge in [-0.1, -0.05) is 0 Å². The van der Waals surface area contributed by atoms with Crippen LogP contribution in [0.3, 0.4) is 0 Å². The molecule has 0 aromatic carbocycles. The topological polar surface area (TPSA) is 78.4 Å². The van der Waals surface area contributed by atoms with Crippen molar-refractivity contribution in [3.8, 4) is 0 Å². The zero-order chi connectivity index (χ0) is 21.9. The number of piperazine rings is 1. The van der Waals surface area contributed by atoms with E-state index in [0.717, 1.165) is 53.0 Å². The number of amides is 1. The van der Waals surface area contributed by atoms with Crippen LogP contribution >= 0.6 is 11.3 Å². The number of likely N-dealkylation sites (N-methyl/N-ethyl adjacent to an activating group) is 1. The summed E-state index contributed by atoms with van der Waals surface area (Å²) in [5.74, 6) is 1.33. The SMILES string of the molecule is CN1C[C@@H]2N(C(=O)[C@H]3CCc4c(sc5ncnc(Nc6ccn7nccc7c6)c45)C3)C23C[C@@H]13. The summed E-state index contributed by atoms with van der Waals surface area (Å²) < 4.78 is 1.84. The first-order valence-electron chi connectivity index (χ1n) is 11.6. The number of aryl methyl sites for hydroxylation is 1. The zero-order valence-electron chi connectivity index (χ0n) is 18.2. The Labute approximate surface area is 194 Å². The van der Waals surface area contributed by atoms with Crippen molar-refractivity contribution in [2.24, 2.45) is 5.92 Å². The summed E-state index contributed by atoms with van der Waals surface area (Å²) in [7, 11) is 2.19. The molecule has 4 aliphatic rings. The normalized spacial score (nSPS) is 29.7. The van der Waals surface area contributed by atoms with Crippen LogP contribution in [0.25, 0.3) is 15.7 Å². The van der Waals surface area contributed by atoms with Gasteiger partial charge in [0.15, 0.2) is 0 Å². The molecule has 4 atom stereocenters. The fourth-order valence-electron chi connectivity index (χ4n) is 6.56. The number of aromatic nitrogens is 4. The molecule has 2 saturated heterocycles. The number of hydrogen-bond acceptors (Lipinski definition) is 7. The molecule has 2 aliphatic carbocycles. The van der Waals surface area contributed by atoms with Crippen LogP contribution in [0.15, 0.2) is 36.9 Å². The minimum Gasteiger partial charge on any atom is -0.339 e. The van der Waals surface area contributed by atoms with E-state index in [0.29, 0.717) is 18.0 Å². The van der Waals surface area contributed by atoms with Gasteiger partial charge in [-0.2, -0.15) is 5.10 Å². The molecule has 1 spiro atoms. The van der Waals surface area contributed by atoms with Crippen LogP contribution in [0.2, 0.25) is 0 Å². The van der Waals surface area contributed by atoms with Gasteiger partial charge in [0.25, 0.3) is 0 Å². The Bertz CT molecular complexity index is 1480. The summed E-state index contributed by atoms with van der Waals surface area (Å²) in [6, 6.07) is 7.14. The van der Waals surface area contributed by atoms with Crippen LogP contribution in [-0.4, -0.2) is 66.5 Å². The molecular weight excluding hydrogens is 434 g/mol. The van der Waals surface area contributed by atoms with E-state index in [2.05, 4.69) is 43.3 Å². The highest BCUT2D eigenvalue weighted by molar-refractivity contribution is 7.19. The molecule has 1 N–H and O–H groups in total. The lowest BCUT2D eigenvalue weighted by atomic mass is 9.87. The van der Waals surface area contributed by atoms with E-state index in [1.807, 2.05) is 22.8 Å². The lowest BCUT2D eigenvalue weighted by Gasteiger charge is -2.24. The number of carbonyl (C=O) groups excluding carboxylic acids is 1. The number of nitrogens with zero attached hydrogens (tertiary/aromatic N) is 6. The van der Waals surface area contributed by atoms with Gasteiger partial charge in [-0.3, -0.25) is 9.69 Å². The molecule has 0 bridgehead atoms. The largest absolute Gasteiger partial charge is 0.339 e. The van der Waals surface area contributed by atoms with E-state index in [1.165, 1.54) is 16.9 Å². The maximum Gasteiger partial charge on any atom is 0.227 e. The number of hydrogen-bond donors (Lipinski definition) is 1. The molecule has 8 rings (SSSR count). The summed E-state index contributed by atoms with van der Waals surface area (Å²) in [4.78, 5) is 29.5. The molecule has 33 heavy (non-hydrogen) atoms. The molecule has 2 aliphatic heterocycles. The number of rotatable bonds is 3. The first-order valence-corrected chi connectivity index (χ1v) is 12.4.